The molecule has 6 nitrogen and oxygen atoms in total. The minimum absolute atomic E-state index is 0.0643. The van der Waals surface area contributed by atoms with Crippen LogP contribution < -0.4 is 5.32 Å². The van der Waals surface area contributed by atoms with Crippen molar-refractivity contribution in [1.82, 2.24) is 4.98 Å². The van der Waals surface area contributed by atoms with E-state index in [9.17, 15) is 14.4 Å². The first-order chi connectivity index (χ1) is 15.4. The molecule has 2 heterocycles. The Kier molecular flexibility index (Phi) is 6.30. The molecule has 0 saturated heterocycles. The minimum atomic E-state index is -0.630. The third-order valence-electron chi connectivity index (χ3n) is 4.67. The molecule has 0 spiro atoms. The number of fused-ring (bicyclic) bond motifs is 1. The number of esters is 1. The van der Waals surface area contributed by atoms with Gasteiger partial charge in [0.15, 0.2) is 12.4 Å². The molecule has 0 radical (unpaired) electrons. The molecule has 4 aromatic rings. The van der Waals surface area contributed by atoms with Crippen molar-refractivity contribution >= 4 is 57.2 Å². The standard InChI is InChI=1S/C24H17ClN2O4S/c1-14(28)15-6-8-16(9-7-15)26-23(29)13-31-24(30)18-12-20(21-10-11-22(25)32-21)27-19-5-3-2-4-17(18)19/h2-12H,13H2,1H3,(H,26,29). The van der Waals surface area contributed by atoms with Gasteiger partial charge in [-0.1, -0.05) is 29.8 Å². The van der Waals surface area contributed by atoms with E-state index in [0.717, 1.165) is 4.88 Å². The number of para-hydroxylation sites is 1. The van der Waals surface area contributed by atoms with Crippen LogP contribution in [0, 0.1) is 0 Å². The number of ketones is 1. The first-order valence-electron chi connectivity index (χ1n) is 9.64. The number of thiophene rings is 1. The van der Waals surface area contributed by atoms with E-state index in [1.165, 1.54) is 18.3 Å². The van der Waals surface area contributed by atoms with Crippen LogP contribution in [0.15, 0.2) is 66.7 Å². The van der Waals surface area contributed by atoms with Crippen LogP contribution in [0.3, 0.4) is 0 Å². The maximum atomic E-state index is 12.8. The second-order valence-corrected chi connectivity index (χ2v) is 8.65. The fourth-order valence-electron chi connectivity index (χ4n) is 3.12. The first-order valence-corrected chi connectivity index (χ1v) is 10.8. The van der Waals surface area contributed by atoms with Gasteiger partial charge in [-0.25, -0.2) is 9.78 Å². The van der Waals surface area contributed by atoms with Gasteiger partial charge in [-0.15, -0.1) is 11.3 Å². The molecule has 1 amide bonds. The van der Waals surface area contributed by atoms with Gasteiger partial charge in [-0.05, 0) is 55.5 Å². The van der Waals surface area contributed by atoms with Gasteiger partial charge in [0.1, 0.15) is 0 Å². The van der Waals surface area contributed by atoms with E-state index in [0.29, 0.717) is 37.7 Å². The van der Waals surface area contributed by atoms with Crippen molar-refractivity contribution in [2.24, 2.45) is 0 Å². The lowest BCUT2D eigenvalue weighted by molar-refractivity contribution is -0.119. The number of hydrogen-bond donors (Lipinski definition) is 1. The summed E-state index contributed by atoms with van der Waals surface area (Å²) in [7, 11) is 0. The Morgan fingerprint density at radius 1 is 1.03 bits per heavy atom. The van der Waals surface area contributed by atoms with Crippen LogP contribution in [0.2, 0.25) is 4.34 Å². The Hall–Kier alpha value is -3.55. The number of carbonyl (C=O) groups excluding carboxylic acids is 3. The molecular formula is C24H17ClN2O4S. The summed E-state index contributed by atoms with van der Waals surface area (Å²) in [5.41, 5.74) is 2.59. The minimum Gasteiger partial charge on any atom is -0.452 e. The largest absolute Gasteiger partial charge is 0.452 e. The van der Waals surface area contributed by atoms with E-state index < -0.39 is 18.5 Å². The molecule has 2 aromatic heterocycles. The molecule has 0 fully saturated rings. The first kappa shape index (κ1) is 21.7. The van der Waals surface area contributed by atoms with Crippen molar-refractivity contribution in [3.63, 3.8) is 0 Å². The molecule has 8 heteroatoms. The number of halogens is 1. The predicted octanol–water partition coefficient (Wildman–Crippen LogP) is 5.61. The zero-order chi connectivity index (χ0) is 22.7. The van der Waals surface area contributed by atoms with Gasteiger partial charge in [0.05, 0.1) is 26.0 Å². The number of aromatic nitrogens is 1. The fourth-order valence-corrected chi connectivity index (χ4v) is 4.12. The topological polar surface area (TPSA) is 85.4 Å². The summed E-state index contributed by atoms with van der Waals surface area (Å²) < 4.78 is 5.89. The van der Waals surface area contributed by atoms with E-state index in [-0.39, 0.29) is 5.78 Å². The van der Waals surface area contributed by atoms with E-state index >= 15 is 0 Å². The highest BCUT2D eigenvalue weighted by molar-refractivity contribution is 7.19. The lowest BCUT2D eigenvalue weighted by Crippen LogP contribution is -2.21. The highest BCUT2D eigenvalue weighted by Gasteiger charge is 2.17. The van der Waals surface area contributed by atoms with Crippen LogP contribution in [0.5, 0.6) is 0 Å². The third kappa shape index (κ3) is 4.85. The molecular weight excluding hydrogens is 448 g/mol. The predicted molar refractivity (Wildman–Crippen MR) is 125 cm³/mol. The second-order valence-electron chi connectivity index (χ2n) is 6.93. The zero-order valence-electron chi connectivity index (χ0n) is 16.9. The van der Waals surface area contributed by atoms with Gasteiger partial charge in [0.25, 0.3) is 5.91 Å². The normalized spacial score (nSPS) is 10.7. The number of nitrogens with one attached hydrogen (secondary N) is 1. The molecule has 32 heavy (non-hydrogen) atoms. The summed E-state index contributed by atoms with van der Waals surface area (Å²) in [6.07, 6.45) is 0. The Labute approximate surface area is 192 Å². The van der Waals surface area contributed by atoms with Crippen LogP contribution in [0.25, 0.3) is 21.5 Å². The van der Waals surface area contributed by atoms with Crippen molar-refractivity contribution in [1.29, 1.82) is 0 Å². The van der Waals surface area contributed by atoms with E-state index in [2.05, 4.69) is 10.3 Å². The summed E-state index contributed by atoms with van der Waals surface area (Å²) in [6.45, 7) is 1.01. The molecule has 2 aromatic carbocycles. The van der Waals surface area contributed by atoms with Crippen LogP contribution in [0.4, 0.5) is 5.69 Å². The quantitative estimate of drug-likeness (QED) is 0.296. The average Bonchev–Trinajstić information content (AvgIpc) is 3.23. The number of benzene rings is 2. The Morgan fingerprint density at radius 2 is 1.78 bits per heavy atom. The molecule has 4 rings (SSSR count). The average molecular weight is 465 g/mol. The Balaban J connectivity index is 1.50. The summed E-state index contributed by atoms with van der Waals surface area (Å²) in [5.74, 6) is -1.18. The highest BCUT2D eigenvalue weighted by Crippen LogP contribution is 2.32. The SMILES string of the molecule is CC(=O)c1ccc(NC(=O)COC(=O)c2cc(-c3ccc(Cl)s3)nc3ccccc23)cc1. The second kappa shape index (κ2) is 9.30. The van der Waals surface area contributed by atoms with Crippen molar-refractivity contribution in [2.45, 2.75) is 6.92 Å². The Bertz CT molecular complexity index is 1330. The molecule has 0 aliphatic rings. The number of anilines is 1. The number of ether oxygens (including phenoxy) is 1. The number of amides is 1. The summed E-state index contributed by atoms with van der Waals surface area (Å²) in [5, 5.41) is 3.27. The smallest absolute Gasteiger partial charge is 0.339 e. The van der Waals surface area contributed by atoms with Crippen molar-refractivity contribution in [3.05, 3.63) is 82.2 Å². The highest BCUT2D eigenvalue weighted by atomic mass is 35.5. The van der Waals surface area contributed by atoms with Gasteiger partial charge in [-0.3, -0.25) is 9.59 Å². The molecule has 160 valence electrons. The van der Waals surface area contributed by atoms with Gasteiger partial charge >= 0.3 is 5.97 Å². The number of rotatable bonds is 6. The molecule has 0 unspecified atom stereocenters. The van der Waals surface area contributed by atoms with Crippen molar-refractivity contribution in [2.75, 3.05) is 11.9 Å². The zero-order valence-corrected chi connectivity index (χ0v) is 18.5. The Morgan fingerprint density at radius 3 is 2.47 bits per heavy atom. The molecule has 1 N–H and O–H groups in total. The van der Waals surface area contributed by atoms with Crippen molar-refractivity contribution < 1.29 is 19.1 Å². The van der Waals surface area contributed by atoms with Gasteiger partial charge in [-0.2, -0.15) is 0 Å². The van der Waals surface area contributed by atoms with E-state index in [1.807, 2.05) is 18.2 Å². The van der Waals surface area contributed by atoms with Crippen molar-refractivity contribution in [3.8, 4) is 10.6 Å². The lowest BCUT2D eigenvalue weighted by Gasteiger charge is -2.10. The molecule has 0 bridgehead atoms. The molecule has 0 aliphatic heterocycles. The summed E-state index contributed by atoms with van der Waals surface area (Å²) in [4.78, 5) is 41.9. The lowest BCUT2D eigenvalue weighted by atomic mass is 10.1. The maximum absolute atomic E-state index is 12.8. The van der Waals surface area contributed by atoms with Gasteiger partial charge < -0.3 is 10.1 Å². The number of hydrogen-bond acceptors (Lipinski definition) is 6. The monoisotopic (exact) mass is 464 g/mol. The van der Waals surface area contributed by atoms with Crippen LogP contribution in [-0.4, -0.2) is 29.3 Å². The van der Waals surface area contributed by atoms with Gasteiger partial charge in [0, 0.05) is 16.6 Å². The maximum Gasteiger partial charge on any atom is 0.339 e. The molecule has 0 saturated carbocycles. The third-order valence-corrected chi connectivity index (χ3v) is 5.92. The molecule has 0 atom stereocenters. The number of pyridine rings is 1. The number of carbonyl (C=O) groups is 3. The number of nitrogens with zero attached hydrogens (tertiary/aromatic N) is 1. The fraction of sp³-hybridized carbons (Fsp3) is 0.0833. The van der Waals surface area contributed by atoms with Crippen LogP contribution in [-0.2, 0) is 9.53 Å². The van der Waals surface area contributed by atoms with E-state index in [4.69, 9.17) is 16.3 Å². The van der Waals surface area contributed by atoms with E-state index in [1.54, 1.807) is 48.5 Å². The van der Waals surface area contributed by atoms with Crippen LogP contribution >= 0.6 is 22.9 Å². The number of Topliss-reactive ketones (excluding diaryl/α,β-unsaturated/α-hetero) is 1. The van der Waals surface area contributed by atoms with Gasteiger partial charge in [0.2, 0.25) is 0 Å². The van der Waals surface area contributed by atoms with Crippen LogP contribution in [0.1, 0.15) is 27.6 Å². The summed E-state index contributed by atoms with van der Waals surface area (Å²) in [6, 6.07) is 18.9. The summed E-state index contributed by atoms with van der Waals surface area (Å²) >= 11 is 7.40. The molecule has 0 aliphatic carbocycles.